The molecule has 3 heterocycles. The summed E-state index contributed by atoms with van der Waals surface area (Å²) in [6.07, 6.45) is 4.07. The second kappa shape index (κ2) is 6.28. The predicted molar refractivity (Wildman–Crippen MR) is 115 cm³/mol. The summed E-state index contributed by atoms with van der Waals surface area (Å²) in [5.41, 5.74) is 6.27. The smallest absolute Gasteiger partial charge is 0.143 e. The summed E-state index contributed by atoms with van der Waals surface area (Å²) in [7, 11) is 0. The van der Waals surface area contributed by atoms with Crippen molar-refractivity contribution in [2.75, 3.05) is 5.32 Å². The number of para-hydroxylation sites is 1. The molecule has 2 N–H and O–H groups in total. The summed E-state index contributed by atoms with van der Waals surface area (Å²) in [4.78, 5) is 8.27. The molecule has 0 spiro atoms. The van der Waals surface area contributed by atoms with Crippen LogP contribution in [-0.2, 0) is 0 Å². The number of aromatic nitrogens is 3. The third-order valence-electron chi connectivity index (χ3n) is 4.74. The Morgan fingerprint density at radius 1 is 1.00 bits per heavy atom. The molecule has 0 aliphatic rings. The molecule has 0 saturated carbocycles. The van der Waals surface area contributed by atoms with Crippen molar-refractivity contribution >= 4 is 44.0 Å². The Kier molecular flexibility index (Phi) is 3.76. The van der Waals surface area contributed by atoms with Gasteiger partial charge in [-0.2, -0.15) is 0 Å². The molecule has 5 heteroatoms. The molecule has 3 aromatic heterocycles. The molecule has 0 unspecified atom stereocenters. The number of benzene rings is 2. The molecule has 4 nitrogen and oxygen atoms in total. The number of aryl methyl sites for hydroxylation is 1. The van der Waals surface area contributed by atoms with E-state index in [0.29, 0.717) is 0 Å². The summed E-state index contributed by atoms with van der Waals surface area (Å²) < 4.78 is 3.09. The summed E-state index contributed by atoms with van der Waals surface area (Å²) >= 11 is 3.58. The number of H-pyrrole nitrogens is 1. The maximum absolute atomic E-state index is 4.92. The van der Waals surface area contributed by atoms with Crippen LogP contribution in [0.2, 0.25) is 0 Å². The van der Waals surface area contributed by atoms with E-state index in [0.717, 1.165) is 43.8 Å². The van der Waals surface area contributed by atoms with Gasteiger partial charge in [0.1, 0.15) is 17.2 Å². The average molecular weight is 417 g/mol. The molecule has 5 rings (SSSR count). The van der Waals surface area contributed by atoms with Crippen molar-refractivity contribution in [2.24, 2.45) is 0 Å². The van der Waals surface area contributed by atoms with Crippen molar-refractivity contribution < 1.29 is 0 Å². The number of anilines is 2. The van der Waals surface area contributed by atoms with E-state index in [1.54, 1.807) is 0 Å². The largest absolute Gasteiger partial charge is 0.360 e. The van der Waals surface area contributed by atoms with Crippen molar-refractivity contribution in [3.05, 3.63) is 83.1 Å². The molecule has 0 saturated heterocycles. The minimum atomic E-state index is 0.896. The van der Waals surface area contributed by atoms with Crippen molar-refractivity contribution in [2.45, 2.75) is 6.92 Å². The lowest BCUT2D eigenvalue weighted by atomic mass is 10.1. The van der Waals surface area contributed by atoms with E-state index in [-0.39, 0.29) is 0 Å². The molecule has 27 heavy (non-hydrogen) atoms. The van der Waals surface area contributed by atoms with E-state index in [9.17, 15) is 0 Å². The number of rotatable bonds is 3. The lowest BCUT2D eigenvalue weighted by molar-refractivity contribution is 1.17. The minimum absolute atomic E-state index is 0.896. The van der Waals surface area contributed by atoms with Gasteiger partial charge in [0.25, 0.3) is 0 Å². The fourth-order valence-electron chi connectivity index (χ4n) is 3.37. The van der Waals surface area contributed by atoms with Crippen molar-refractivity contribution in [1.29, 1.82) is 0 Å². The topological polar surface area (TPSA) is 45.1 Å². The van der Waals surface area contributed by atoms with Gasteiger partial charge in [0, 0.05) is 39.0 Å². The van der Waals surface area contributed by atoms with Crippen molar-refractivity contribution in [1.82, 2.24) is 14.4 Å². The molecule has 0 amide bonds. The van der Waals surface area contributed by atoms with Gasteiger partial charge in [-0.05, 0) is 53.2 Å². The van der Waals surface area contributed by atoms with Crippen LogP contribution >= 0.6 is 15.9 Å². The molecule has 132 valence electrons. The molecule has 0 aliphatic heterocycles. The first-order valence-corrected chi connectivity index (χ1v) is 9.56. The van der Waals surface area contributed by atoms with Crippen LogP contribution in [0.15, 0.2) is 77.5 Å². The number of pyridine rings is 1. The maximum Gasteiger partial charge on any atom is 0.143 e. The zero-order valence-corrected chi connectivity index (χ0v) is 16.3. The molecule has 0 bridgehead atoms. The lowest BCUT2D eigenvalue weighted by Crippen LogP contribution is -1.97. The highest BCUT2D eigenvalue weighted by molar-refractivity contribution is 9.10. The van der Waals surface area contributed by atoms with Crippen LogP contribution in [0, 0.1) is 6.92 Å². The predicted octanol–water partition coefficient (Wildman–Crippen LogP) is 6.30. The van der Waals surface area contributed by atoms with E-state index < -0.39 is 0 Å². The number of fused-ring (bicyclic) bond motifs is 2. The van der Waals surface area contributed by atoms with Gasteiger partial charge in [0.15, 0.2) is 0 Å². The number of imidazole rings is 1. The number of nitrogens with zero attached hydrogens (tertiary/aromatic N) is 2. The second-order valence-corrected chi connectivity index (χ2v) is 7.54. The molecule has 5 aromatic rings. The first-order chi connectivity index (χ1) is 13.2. The Hall–Kier alpha value is -3.05. The van der Waals surface area contributed by atoms with Crippen molar-refractivity contribution in [3.63, 3.8) is 0 Å². The van der Waals surface area contributed by atoms with Crippen LogP contribution in [0.5, 0.6) is 0 Å². The first kappa shape index (κ1) is 16.1. The Morgan fingerprint density at radius 3 is 2.67 bits per heavy atom. The van der Waals surface area contributed by atoms with Crippen LogP contribution in [0.1, 0.15) is 5.56 Å². The number of nitrogens with one attached hydrogen (secondary N) is 2. The van der Waals surface area contributed by atoms with Gasteiger partial charge in [-0.25, -0.2) is 4.98 Å². The highest BCUT2D eigenvalue weighted by Gasteiger charge is 2.17. The number of aromatic amines is 1. The monoisotopic (exact) mass is 416 g/mol. The second-order valence-electron chi connectivity index (χ2n) is 6.62. The van der Waals surface area contributed by atoms with Gasteiger partial charge in [0.2, 0.25) is 0 Å². The number of halogens is 1. The Morgan fingerprint density at radius 2 is 1.81 bits per heavy atom. The molecule has 0 aliphatic carbocycles. The van der Waals surface area contributed by atoms with Crippen molar-refractivity contribution in [3.8, 4) is 11.3 Å². The van der Waals surface area contributed by atoms with Gasteiger partial charge in [-0.3, -0.25) is 4.40 Å². The van der Waals surface area contributed by atoms with Crippen LogP contribution in [0.4, 0.5) is 11.5 Å². The van der Waals surface area contributed by atoms with Crippen LogP contribution in [-0.4, -0.2) is 14.4 Å². The molecule has 2 aromatic carbocycles. The lowest BCUT2D eigenvalue weighted by Gasteiger charge is -2.09. The van der Waals surface area contributed by atoms with Gasteiger partial charge in [-0.15, -0.1) is 0 Å². The highest BCUT2D eigenvalue weighted by atomic mass is 79.9. The zero-order valence-electron chi connectivity index (χ0n) is 14.7. The van der Waals surface area contributed by atoms with Crippen LogP contribution in [0.25, 0.3) is 27.8 Å². The van der Waals surface area contributed by atoms with Gasteiger partial charge >= 0.3 is 0 Å². The number of hydrogen-bond acceptors (Lipinski definition) is 2. The van der Waals surface area contributed by atoms with Gasteiger partial charge < -0.3 is 10.3 Å². The molecular formula is C22H17BrN4. The molecule has 0 fully saturated rings. The fraction of sp³-hybridized carbons (Fsp3) is 0.0455. The van der Waals surface area contributed by atoms with E-state index in [1.165, 1.54) is 5.56 Å². The Labute approximate surface area is 165 Å². The van der Waals surface area contributed by atoms with E-state index in [4.69, 9.17) is 4.98 Å². The zero-order chi connectivity index (χ0) is 18.4. The molecular weight excluding hydrogens is 400 g/mol. The summed E-state index contributed by atoms with van der Waals surface area (Å²) in [5, 5.41) is 4.73. The Balaban J connectivity index is 1.75. The van der Waals surface area contributed by atoms with Gasteiger partial charge in [0.05, 0.1) is 0 Å². The minimum Gasteiger partial charge on any atom is -0.360 e. The quantitative estimate of drug-likeness (QED) is 0.362. The first-order valence-electron chi connectivity index (χ1n) is 8.77. The Bertz CT molecular complexity index is 1260. The standard InChI is InChI=1S/C22H17BrN4/c1-14-6-9-16(10-7-14)25-22-21(26-20-11-8-15(23)13-27(20)22)18-12-24-19-5-3-2-4-17(18)19/h2-13,24-25H,1H3. The maximum atomic E-state index is 4.92. The van der Waals surface area contributed by atoms with Gasteiger partial charge in [-0.1, -0.05) is 35.9 Å². The summed E-state index contributed by atoms with van der Waals surface area (Å²) in [6.45, 7) is 2.09. The van der Waals surface area contributed by atoms with Crippen LogP contribution < -0.4 is 5.32 Å². The highest BCUT2D eigenvalue weighted by Crippen LogP contribution is 2.36. The third-order valence-corrected chi connectivity index (χ3v) is 5.21. The average Bonchev–Trinajstić information content (AvgIpc) is 3.25. The van der Waals surface area contributed by atoms with E-state index in [2.05, 4.69) is 80.0 Å². The summed E-state index contributed by atoms with van der Waals surface area (Å²) in [6, 6.07) is 20.7. The van der Waals surface area contributed by atoms with Crippen LogP contribution in [0.3, 0.4) is 0 Å². The fourth-order valence-corrected chi connectivity index (χ4v) is 3.70. The molecule has 0 atom stereocenters. The normalized spacial score (nSPS) is 11.3. The third kappa shape index (κ3) is 2.80. The summed E-state index contributed by atoms with van der Waals surface area (Å²) in [5.74, 6) is 0.944. The van der Waals surface area contributed by atoms with E-state index in [1.807, 2.05) is 30.6 Å². The SMILES string of the molecule is Cc1ccc(Nc2c(-c3c[nH]c4ccccc34)nc3ccc(Br)cn23)cc1. The molecule has 0 radical (unpaired) electrons. The number of hydrogen-bond donors (Lipinski definition) is 2. The van der Waals surface area contributed by atoms with E-state index >= 15 is 0 Å².